The van der Waals surface area contributed by atoms with Crippen LogP contribution in [-0.2, 0) is 6.54 Å². The maximum Gasteiger partial charge on any atom is 0.331 e. The van der Waals surface area contributed by atoms with Gasteiger partial charge in [-0.2, -0.15) is 10.2 Å². The molecule has 1 aliphatic heterocycles. The first-order chi connectivity index (χ1) is 18.7. The van der Waals surface area contributed by atoms with E-state index >= 15 is 0 Å². The van der Waals surface area contributed by atoms with Crippen LogP contribution in [0, 0.1) is 11.3 Å². The van der Waals surface area contributed by atoms with Gasteiger partial charge < -0.3 is 4.74 Å². The number of nitrogens with zero attached hydrogens (tertiary/aromatic N) is 8. The molecule has 0 bridgehead atoms. The molecule has 5 heterocycles. The van der Waals surface area contributed by atoms with E-state index in [4.69, 9.17) is 9.72 Å². The second-order valence-corrected chi connectivity index (χ2v) is 9.10. The highest BCUT2D eigenvalue weighted by Gasteiger charge is 2.29. The quantitative estimate of drug-likeness (QED) is 0.363. The second-order valence-electron chi connectivity index (χ2n) is 9.10. The van der Waals surface area contributed by atoms with Gasteiger partial charge >= 0.3 is 5.69 Å². The van der Waals surface area contributed by atoms with Crippen molar-refractivity contribution in [2.45, 2.75) is 19.0 Å². The van der Waals surface area contributed by atoms with Crippen molar-refractivity contribution in [1.82, 2.24) is 33.6 Å². The van der Waals surface area contributed by atoms with Gasteiger partial charge in [-0.1, -0.05) is 24.3 Å². The molecule has 0 unspecified atom stereocenters. The van der Waals surface area contributed by atoms with E-state index in [1.54, 1.807) is 56.8 Å². The molecule has 184 valence electrons. The number of hydrogen-bond donors (Lipinski definition) is 0. The Morgan fingerprint density at radius 1 is 1.05 bits per heavy atom. The fourth-order valence-electron chi connectivity index (χ4n) is 5.10. The average molecular weight is 501 g/mol. The van der Waals surface area contributed by atoms with Crippen LogP contribution in [-0.4, -0.2) is 40.2 Å². The summed E-state index contributed by atoms with van der Waals surface area (Å²) in [6.07, 6.45) is 7.39. The molecule has 0 saturated heterocycles. The van der Waals surface area contributed by atoms with Crippen molar-refractivity contribution < 1.29 is 4.74 Å². The molecule has 0 saturated carbocycles. The number of imidazole rings is 2. The first kappa shape index (κ1) is 21.9. The van der Waals surface area contributed by atoms with Gasteiger partial charge in [-0.05, 0) is 35.9 Å². The summed E-state index contributed by atoms with van der Waals surface area (Å²) in [6, 6.07) is 18.8. The van der Waals surface area contributed by atoms with Crippen LogP contribution in [0.5, 0.6) is 5.75 Å². The van der Waals surface area contributed by atoms with E-state index in [-0.39, 0.29) is 11.7 Å². The molecule has 6 aromatic rings. The van der Waals surface area contributed by atoms with Crippen molar-refractivity contribution in [1.29, 1.82) is 5.26 Å². The number of pyridine rings is 1. The average Bonchev–Trinajstić information content (AvgIpc) is 3.51. The van der Waals surface area contributed by atoms with Gasteiger partial charge in [0.05, 0.1) is 48.1 Å². The summed E-state index contributed by atoms with van der Waals surface area (Å²) in [7, 11) is 0. The van der Waals surface area contributed by atoms with Crippen LogP contribution in [0.25, 0.3) is 28.1 Å². The first-order valence-electron chi connectivity index (χ1n) is 12.2. The Morgan fingerprint density at radius 2 is 1.97 bits per heavy atom. The van der Waals surface area contributed by atoms with E-state index in [1.165, 1.54) is 0 Å². The normalized spacial score (nSPS) is 14.8. The maximum absolute atomic E-state index is 14.0. The van der Waals surface area contributed by atoms with E-state index in [2.05, 4.69) is 21.0 Å². The highest BCUT2D eigenvalue weighted by atomic mass is 16.5. The lowest BCUT2D eigenvalue weighted by atomic mass is 10.0. The minimum Gasteiger partial charge on any atom is -0.493 e. The molecule has 1 aliphatic rings. The molecule has 0 fully saturated rings. The number of nitriles is 1. The smallest absolute Gasteiger partial charge is 0.331 e. The molecule has 10 nitrogen and oxygen atoms in total. The SMILES string of the molecule is N#Cc1ccc2ncn(-c3ncc4c(n3)n([C@@H]3CCOc5ccccc53)c(=O)n4Cc3cccnc3)c2c1. The number of aromatic nitrogens is 7. The lowest BCUT2D eigenvalue weighted by Gasteiger charge is -2.26. The minimum absolute atomic E-state index is 0.181. The molecule has 0 N–H and O–H groups in total. The van der Waals surface area contributed by atoms with Crippen molar-refractivity contribution in [3.63, 3.8) is 0 Å². The van der Waals surface area contributed by atoms with Gasteiger partial charge in [-0.15, -0.1) is 0 Å². The minimum atomic E-state index is -0.252. The Kier molecular flexibility index (Phi) is 5.01. The van der Waals surface area contributed by atoms with Gasteiger partial charge in [0.25, 0.3) is 0 Å². The summed E-state index contributed by atoms with van der Waals surface area (Å²) >= 11 is 0. The summed E-state index contributed by atoms with van der Waals surface area (Å²) in [6.45, 7) is 0.827. The lowest BCUT2D eigenvalue weighted by Crippen LogP contribution is -2.31. The van der Waals surface area contributed by atoms with Crippen LogP contribution in [0.4, 0.5) is 0 Å². The third-order valence-corrected chi connectivity index (χ3v) is 6.89. The van der Waals surface area contributed by atoms with Gasteiger partial charge in [0, 0.05) is 24.4 Å². The standard InChI is InChI=1S/C28H20N8O2/c29-13-18-7-8-21-23(12-18)35(17-32-21)27-31-15-24-26(33-27)36(22-9-11-38-25-6-2-1-5-20(22)25)28(37)34(24)16-19-4-3-10-30-14-19/h1-8,10,12,14-15,17,22H,9,11,16H2/t22-/m1/s1. The largest absolute Gasteiger partial charge is 0.493 e. The van der Waals surface area contributed by atoms with E-state index in [1.807, 2.05) is 36.4 Å². The van der Waals surface area contributed by atoms with Gasteiger partial charge in [0.1, 0.15) is 17.6 Å². The predicted molar refractivity (Wildman–Crippen MR) is 139 cm³/mol. The molecule has 0 spiro atoms. The predicted octanol–water partition coefficient (Wildman–Crippen LogP) is 3.62. The number of ether oxygens (including phenoxy) is 1. The van der Waals surface area contributed by atoms with E-state index in [0.717, 1.165) is 22.4 Å². The first-order valence-corrected chi connectivity index (χ1v) is 12.2. The summed E-state index contributed by atoms with van der Waals surface area (Å²) in [4.78, 5) is 32.2. The van der Waals surface area contributed by atoms with E-state index < -0.39 is 0 Å². The highest BCUT2D eigenvalue weighted by Crippen LogP contribution is 2.35. The third-order valence-electron chi connectivity index (χ3n) is 6.89. The molecule has 7 rings (SSSR count). The Hall–Kier alpha value is -5.30. The summed E-state index contributed by atoms with van der Waals surface area (Å²) < 4.78 is 11.1. The van der Waals surface area contributed by atoms with E-state index in [9.17, 15) is 10.1 Å². The fraction of sp³-hybridized carbons (Fsp3) is 0.143. The monoisotopic (exact) mass is 500 g/mol. The van der Waals surface area contributed by atoms with Crippen LogP contribution in [0.2, 0.25) is 0 Å². The summed E-state index contributed by atoms with van der Waals surface area (Å²) in [5.41, 5.74) is 4.74. The molecule has 38 heavy (non-hydrogen) atoms. The zero-order valence-corrected chi connectivity index (χ0v) is 20.1. The van der Waals surface area contributed by atoms with Gasteiger partial charge in [-0.25, -0.2) is 14.8 Å². The van der Waals surface area contributed by atoms with Crippen LogP contribution in [0.15, 0.2) is 84.3 Å². The highest BCUT2D eigenvalue weighted by molar-refractivity contribution is 5.79. The number of para-hydroxylation sites is 1. The van der Waals surface area contributed by atoms with Crippen molar-refractivity contribution in [2.24, 2.45) is 0 Å². The number of hydrogen-bond acceptors (Lipinski definition) is 7. The number of fused-ring (bicyclic) bond motifs is 3. The van der Waals surface area contributed by atoms with Crippen LogP contribution in [0.3, 0.4) is 0 Å². The van der Waals surface area contributed by atoms with Crippen molar-refractivity contribution in [3.05, 3.63) is 107 Å². The fourth-order valence-corrected chi connectivity index (χ4v) is 5.10. The van der Waals surface area contributed by atoms with Crippen LogP contribution in [0.1, 0.15) is 29.2 Å². The van der Waals surface area contributed by atoms with Gasteiger partial charge in [-0.3, -0.25) is 18.7 Å². The molecule has 1 atom stereocenters. The van der Waals surface area contributed by atoms with Crippen molar-refractivity contribution >= 4 is 22.2 Å². The van der Waals surface area contributed by atoms with E-state index in [0.29, 0.717) is 47.8 Å². The molecule has 2 aromatic carbocycles. The van der Waals surface area contributed by atoms with Crippen LogP contribution < -0.4 is 10.4 Å². The Labute approximate surface area is 216 Å². The molecule has 0 aliphatic carbocycles. The molecule has 10 heteroatoms. The van der Waals surface area contributed by atoms with Gasteiger partial charge in [0.2, 0.25) is 5.95 Å². The second kappa shape index (κ2) is 8.67. The lowest BCUT2D eigenvalue weighted by molar-refractivity contribution is 0.255. The zero-order chi connectivity index (χ0) is 25.6. The Morgan fingerprint density at radius 3 is 2.84 bits per heavy atom. The molecular formula is C28H20N8O2. The molecule has 0 radical (unpaired) electrons. The number of benzene rings is 2. The molecular weight excluding hydrogens is 480 g/mol. The molecule has 0 amide bonds. The Balaban J connectivity index is 1.46. The van der Waals surface area contributed by atoms with Gasteiger partial charge in [0.15, 0.2) is 5.65 Å². The molecule has 4 aromatic heterocycles. The Bertz CT molecular complexity index is 1930. The summed E-state index contributed by atoms with van der Waals surface area (Å²) in [5, 5.41) is 9.39. The van der Waals surface area contributed by atoms with Crippen LogP contribution >= 0.6 is 0 Å². The summed E-state index contributed by atoms with van der Waals surface area (Å²) in [5.74, 6) is 1.13. The topological polar surface area (TPSA) is 116 Å². The number of rotatable bonds is 4. The third kappa shape index (κ3) is 3.44. The van der Waals surface area contributed by atoms with Crippen molar-refractivity contribution in [2.75, 3.05) is 6.61 Å². The van der Waals surface area contributed by atoms with Crippen molar-refractivity contribution in [3.8, 4) is 17.8 Å². The maximum atomic E-state index is 14.0. The zero-order valence-electron chi connectivity index (χ0n) is 20.1.